The summed E-state index contributed by atoms with van der Waals surface area (Å²) in [6.45, 7) is 1.82. The highest BCUT2D eigenvalue weighted by Crippen LogP contribution is 2.19. The van der Waals surface area contributed by atoms with Crippen molar-refractivity contribution in [3.8, 4) is 6.07 Å². The van der Waals surface area contributed by atoms with Crippen LogP contribution in [0, 0.1) is 11.3 Å². The van der Waals surface area contributed by atoms with Gasteiger partial charge in [0.2, 0.25) is 10.0 Å². The van der Waals surface area contributed by atoms with E-state index in [1.165, 1.54) is 26.2 Å². The molecule has 2 aliphatic heterocycles. The number of likely N-dealkylation sites (N-methyl/N-ethyl adjacent to an activating group) is 1. The molecule has 138 valence electrons. The molecule has 1 aromatic carbocycles. The first-order valence-corrected chi connectivity index (χ1v) is 9.67. The van der Waals surface area contributed by atoms with Gasteiger partial charge in [-0.3, -0.25) is 4.79 Å². The molecule has 2 fully saturated rings. The third-order valence-electron chi connectivity index (χ3n) is 4.67. The van der Waals surface area contributed by atoms with Crippen molar-refractivity contribution in [1.29, 1.82) is 5.26 Å². The highest BCUT2D eigenvalue weighted by molar-refractivity contribution is 7.89. The van der Waals surface area contributed by atoms with Crippen LogP contribution in [-0.4, -0.2) is 80.9 Å². The summed E-state index contributed by atoms with van der Waals surface area (Å²) in [6.07, 6.45) is 0. The second-order valence-electron chi connectivity index (χ2n) is 6.38. The average Bonchev–Trinajstić information content (AvgIpc) is 2.88. The molecule has 0 atom stereocenters. The average molecular weight is 378 g/mol. The number of hydrogen-bond donors (Lipinski definition) is 1. The van der Waals surface area contributed by atoms with Crippen molar-refractivity contribution in [2.75, 3.05) is 46.4 Å². The van der Waals surface area contributed by atoms with E-state index in [1.807, 2.05) is 6.07 Å². The predicted molar refractivity (Wildman–Crippen MR) is 90.4 cm³/mol. The smallest absolute Gasteiger partial charge is 0.318 e. The number of carbonyl (C=O) groups is 2. The topological polar surface area (TPSA) is 106 Å². The Morgan fingerprint density at radius 1 is 1.19 bits per heavy atom. The van der Waals surface area contributed by atoms with Crippen LogP contribution in [-0.2, 0) is 14.8 Å². The first-order valence-electron chi connectivity index (χ1n) is 8.23. The number of nitrogens with zero attached hydrogens (tertiary/aromatic N) is 4. The molecule has 0 bridgehead atoms. The Labute approximate surface area is 152 Å². The molecule has 2 heterocycles. The van der Waals surface area contributed by atoms with Gasteiger partial charge in [0.1, 0.15) is 12.6 Å². The lowest BCUT2D eigenvalue weighted by atomic mass is 10.2. The van der Waals surface area contributed by atoms with E-state index in [2.05, 4.69) is 0 Å². The SMILES string of the molecule is CN1CC(=O)N(C[NH+]2CCN(S(=O)(=O)c3ccccc3C#N)CC2)C1=O. The summed E-state index contributed by atoms with van der Waals surface area (Å²) in [7, 11) is -2.17. The Kier molecular flexibility index (Phi) is 4.95. The van der Waals surface area contributed by atoms with Gasteiger partial charge >= 0.3 is 6.03 Å². The number of piperazine rings is 1. The van der Waals surface area contributed by atoms with Gasteiger partial charge in [-0.05, 0) is 12.1 Å². The maximum Gasteiger partial charge on any atom is 0.331 e. The van der Waals surface area contributed by atoms with Crippen LogP contribution in [0.2, 0.25) is 0 Å². The molecule has 9 nitrogen and oxygen atoms in total. The third-order valence-corrected chi connectivity index (χ3v) is 6.62. The minimum atomic E-state index is -3.74. The molecule has 0 aliphatic carbocycles. The molecule has 0 aromatic heterocycles. The summed E-state index contributed by atoms with van der Waals surface area (Å²) in [5.41, 5.74) is 0.124. The van der Waals surface area contributed by atoms with E-state index in [9.17, 15) is 18.0 Å². The standard InChI is InChI=1S/C16H19N5O4S/c1-18-11-15(22)21(16(18)23)12-19-6-8-20(9-7-19)26(24,25)14-5-3-2-4-13(14)10-17/h2-5H,6-9,11-12H2,1H3/p+1. The van der Waals surface area contributed by atoms with Crippen molar-refractivity contribution in [1.82, 2.24) is 14.1 Å². The summed E-state index contributed by atoms with van der Waals surface area (Å²) >= 11 is 0. The first kappa shape index (κ1) is 18.3. The molecule has 0 unspecified atom stereocenters. The monoisotopic (exact) mass is 378 g/mol. The molecule has 3 rings (SSSR count). The lowest BCUT2D eigenvalue weighted by Gasteiger charge is -2.32. The van der Waals surface area contributed by atoms with E-state index in [0.717, 1.165) is 4.90 Å². The summed E-state index contributed by atoms with van der Waals surface area (Å²) in [5.74, 6) is -0.233. The number of benzene rings is 1. The highest BCUT2D eigenvalue weighted by atomic mass is 32.2. The Morgan fingerprint density at radius 3 is 2.42 bits per heavy atom. The van der Waals surface area contributed by atoms with Crippen LogP contribution >= 0.6 is 0 Å². The molecule has 2 saturated heterocycles. The van der Waals surface area contributed by atoms with E-state index in [1.54, 1.807) is 19.2 Å². The van der Waals surface area contributed by atoms with Crippen LogP contribution in [0.15, 0.2) is 29.2 Å². The van der Waals surface area contributed by atoms with Gasteiger partial charge in [-0.15, -0.1) is 0 Å². The van der Waals surface area contributed by atoms with Crippen molar-refractivity contribution in [3.63, 3.8) is 0 Å². The van der Waals surface area contributed by atoms with Gasteiger partial charge < -0.3 is 9.80 Å². The normalized spacial score (nSPS) is 19.8. The van der Waals surface area contributed by atoms with Crippen LogP contribution in [0.3, 0.4) is 0 Å². The van der Waals surface area contributed by atoms with Gasteiger partial charge in [0.25, 0.3) is 5.91 Å². The zero-order valence-corrected chi connectivity index (χ0v) is 15.2. The van der Waals surface area contributed by atoms with Crippen molar-refractivity contribution in [3.05, 3.63) is 29.8 Å². The molecular weight excluding hydrogens is 358 g/mol. The van der Waals surface area contributed by atoms with Crippen LogP contribution in [0.4, 0.5) is 4.79 Å². The van der Waals surface area contributed by atoms with E-state index < -0.39 is 10.0 Å². The Hall–Kier alpha value is -2.48. The number of carbonyl (C=O) groups excluding carboxylic acids is 2. The van der Waals surface area contributed by atoms with Crippen molar-refractivity contribution in [2.24, 2.45) is 0 Å². The number of rotatable bonds is 4. The number of hydrogen-bond acceptors (Lipinski definition) is 5. The summed E-state index contributed by atoms with van der Waals surface area (Å²) in [6, 6.07) is 7.73. The van der Waals surface area contributed by atoms with E-state index >= 15 is 0 Å². The van der Waals surface area contributed by atoms with Gasteiger partial charge in [0, 0.05) is 7.05 Å². The molecule has 3 amide bonds. The molecule has 10 heteroatoms. The fraction of sp³-hybridized carbons (Fsp3) is 0.438. The molecule has 1 aromatic rings. The van der Waals surface area contributed by atoms with Crippen LogP contribution in [0.5, 0.6) is 0 Å². The Bertz CT molecular complexity index is 871. The quantitative estimate of drug-likeness (QED) is 0.629. The summed E-state index contributed by atoms with van der Waals surface area (Å²) in [4.78, 5) is 27.4. The van der Waals surface area contributed by atoms with Crippen LogP contribution in [0.25, 0.3) is 0 Å². The van der Waals surface area contributed by atoms with Crippen LogP contribution < -0.4 is 4.90 Å². The zero-order valence-electron chi connectivity index (χ0n) is 14.4. The maximum absolute atomic E-state index is 12.8. The molecular formula is C16H20N5O4S+. The molecule has 0 saturated carbocycles. The van der Waals surface area contributed by atoms with Crippen molar-refractivity contribution >= 4 is 22.0 Å². The molecule has 26 heavy (non-hydrogen) atoms. The van der Waals surface area contributed by atoms with Gasteiger partial charge in [-0.2, -0.15) is 9.57 Å². The van der Waals surface area contributed by atoms with Gasteiger partial charge in [0.15, 0.2) is 6.67 Å². The largest absolute Gasteiger partial charge is 0.331 e. The predicted octanol–water partition coefficient (Wildman–Crippen LogP) is -1.70. The van der Waals surface area contributed by atoms with Crippen molar-refractivity contribution < 1.29 is 22.9 Å². The van der Waals surface area contributed by atoms with E-state index in [-0.39, 0.29) is 48.7 Å². The fourth-order valence-corrected chi connectivity index (χ4v) is 4.76. The summed E-state index contributed by atoms with van der Waals surface area (Å²) < 4.78 is 27.0. The second kappa shape index (κ2) is 7.03. The third kappa shape index (κ3) is 3.29. The highest BCUT2D eigenvalue weighted by Gasteiger charge is 2.38. The van der Waals surface area contributed by atoms with Gasteiger partial charge in [-0.25, -0.2) is 18.1 Å². The fourth-order valence-electron chi connectivity index (χ4n) is 3.17. The van der Waals surface area contributed by atoms with Crippen molar-refractivity contribution in [2.45, 2.75) is 4.90 Å². The lowest BCUT2D eigenvalue weighted by Crippen LogP contribution is -3.16. The van der Waals surface area contributed by atoms with E-state index in [0.29, 0.717) is 13.1 Å². The van der Waals surface area contributed by atoms with E-state index in [4.69, 9.17) is 5.26 Å². The molecule has 0 radical (unpaired) electrons. The number of quaternary nitrogens is 1. The number of nitriles is 1. The van der Waals surface area contributed by atoms with Crippen LogP contribution in [0.1, 0.15) is 5.56 Å². The summed E-state index contributed by atoms with van der Waals surface area (Å²) in [5, 5.41) is 9.14. The Balaban J connectivity index is 1.66. The molecule has 0 spiro atoms. The minimum absolute atomic E-state index is 0.0115. The second-order valence-corrected chi connectivity index (χ2v) is 8.29. The first-order chi connectivity index (χ1) is 12.3. The van der Waals surface area contributed by atoms with Gasteiger partial charge in [-0.1, -0.05) is 12.1 Å². The maximum atomic E-state index is 12.8. The zero-order chi connectivity index (χ0) is 18.9. The minimum Gasteiger partial charge on any atom is -0.318 e. The number of amides is 3. The number of urea groups is 1. The molecule has 2 aliphatic rings. The Morgan fingerprint density at radius 2 is 1.85 bits per heavy atom. The molecule has 1 N–H and O–H groups in total. The number of nitrogens with one attached hydrogen (secondary N) is 1. The van der Waals surface area contributed by atoms with Gasteiger partial charge in [0.05, 0.1) is 36.6 Å². The number of imide groups is 1. The lowest BCUT2D eigenvalue weighted by molar-refractivity contribution is -0.910. The number of sulfonamides is 1.